The van der Waals surface area contributed by atoms with Crippen LogP contribution in [0.1, 0.15) is 50.6 Å². The van der Waals surface area contributed by atoms with Crippen LogP contribution in [0.2, 0.25) is 0 Å². The van der Waals surface area contributed by atoms with Gasteiger partial charge in [-0.3, -0.25) is 9.48 Å². The highest BCUT2D eigenvalue weighted by Gasteiger charge is 2.15. The van der Waals surface area contributed by atoms with Gasteiger partial charge in [-0.1, -0.05) is 6.92 Å². The molecule has 0 fully saturated rings. The highest BCUT2D eigenvalue weighted by Crippen LogP contribution is 2.09. The largest absolute Gasteiger partial charge is 0.393 e. The zero-order chi connectivity index (χ0) is 13.7. The van der Waals surface area contributed by atoms with E-state index in [0.29, 0.717) is 18.7 Å². The van der Waals surface area contributed by atoms with Crippen molar-refractivity contribution in [3.05, 3.63) is 18.0 Å². The van der Waals surface area contributed by atoms with Gasteiger partial charge in [0.05, 0.1) is 6.10 Å². The molecule has 0 aliphatic heterocycles. The molecule has 1 heterocycles. The van der Waals surface area contributed by atoms with Crippen LogP contribution in [0.25, 0.3) is 0 Å². The maximum atomic E-state index is 12.0. The Balaban J connectivity index is 2.53. The Morgan fingerprint density at radius 2 is 2.11 bits per heavy atom. The van der Waals surface area contributed by atoms with Crippen LogP contribution in [-0.2, 0) is 0 Å². The van der Waals surface area contributed by atoms with E-state index in [1.807, 2.05) is 20.8 Å². The highest BCUT2D eigenvalue weighted by atomic mass is 16.3. The highest BCUT2D eigenvalue weighted by molar-refractivity contribution is 5.92. The molecule has 0 aromatic carbocycles. The summed E-state index contributed by atoms with van der Waals surface area (Å²) < 4.78 is 1.70. The Kier molecular flexibility index (Phi) is 5.34. The van der Waals surface area contributed by atoms with E-state index < -0.39 is 0 Å². The van der Waals surface area contributed by atoms with Crippen molar-refractivity contribution in [2.45, 2.75) is 46.3 Å². The molecule has 0 bridgehead atoms. The van der Waals surface area contributed by atoms with Crippen molar-refractivity contribution in [1.82, 2.24) is 15.1 Å². The predicted molar refractivity (Wildman–Crippen MR) is 70.4 cm³/mol. The number of nitrogens with zero attached hydrogens (tertiary/aromatic N) is 2. The zero-order valence-electron chi connectivity index (χ0n) is 11.6. The molecule has 0 saturated carbocycles. The standard InChI is InChI=1S/C13H23N3O2/c1-9(2)16-12(5-6-15-16)13(18)14-8-10(3)7-11(4)17/h5-6,9-11,17H,7-8H2,1-4H3,(H,14,18). The van der Waals surface area contributed by atoms with Gasteiger partial charge in [-0.05, 0) is 39.2 Å². The molecular weight excluding hydrogens is 230 g/mol. The third-order valence-corrected chi connectivity index (χ3v) is 2.75. The Morgan fingerprint density at radius 3 is 2.67 bits per heavy atom. The Morgan fingerprint density at radius 1 is 1.44 bits per heavy atom. The van der Waals surface area contributed by atoms with Gasteiger partial charge in [-0.2, -0.15) is 5.10 Å². The van der Waals surface area contributed by atoms with E-state index >= 15 is 0 Å². The first kappa shape index (κ1) is 14.7. The molecule has 18 heavy (non-hydrogen) atoms. The first-order chi connectivity index (χ1) is 8.41. The third kappa shape index (κ3) is 4.14. The summed E-state index contributed by atoms with van der Waals surface area (Å²) >= 11 is 0. The minimum absolute atomic E-state index is 0.112. The molecule has 1 aromatic heterocycles. The normalized spacial score (nSPS) is 14.6. The smallest absolute Gasteiger partial charge is 0.269 e. The van der Waals surface area contributed by atoms with Gasteiger partial charge in [0.1, 0.15) is 5.69 Å². The summed E-state index contributed by atoms with van der Waals surface area (Å²) in [5, 5.41) is 16.3. The van der Waals surface area contributed by atoms with Gasteiger partial charge in [0.15, 0.2) is 0 Å². The number of rotatable bonds is 6. The van der Waals surface area contributed by atoms with Crippen molar-refractivity contribution in [3.8, 4) is 0 Å². The van der Waals surface area contributed by atoms with Gasteiger partial charge < -0.3 is 10.4 Å². The molecule has 0 aliphatic carbocycles. The van der Waals surface area contributed by atoms with Crippen LogP contribution in [-0.4, -0.2) is 33.4 Å². The molecule has 2 N–H and O–H groups in total. The second-order valence-electron chi connectivity index (χ2n) is 5.15. The van der Waals surface area contributed by atoms with Crippen LogP contribution < -0.4 is 5.32 Å². The molecular formula is C13H23N3O2. The summed E-state index contributed by atoms with van der Waals surface area (Å²) in [6, 6.07) is 1.88. The van der Waals surface area contributed by atoms with E-state index in [4.69, 9.17) is 0 Å². The van der Waals surface area contributed by atoms with E-state index in [0.717, 1.165) is 0 Å². The molecule has 1 amide bonds. The number of aliphatic hydroxyl groups excluding tert-OH is 1. The lowest BCUT2D eigenvalue weighted by Gasteiger charge is -2.15. The fraction of sp³-hybridized carbons (Fsp3) is 0.692. The minimum atomic E-state index is -0.335. The zero-order valence-corrected chi connectivity index (χ0v) is 11.6. The van der Waals surface area contributed by atoms with Crippen LogP contribution in [0.15, 0.2) is 12.3 Å². The number of aromatic nitrogens is 2. The number of aliphatic hydroxyl groups is 1. The summed E-state index contributed by atoms with van der Waals surface area (Å²) in [5.41, 5.74) is 0.578. The Bertz CT molecular complexity index is 385. The lowest BCUT2D eigenvalue weighted by atomic mass is 10.0. The monoisotopic (exact) mass is 253 g/mol. The summed E-state index contributed by atoms with van der Waals surface area (Å²) in [4.78, 5) is 12.0. The molecule has 0 saturated heterocycles. The van der Waals surface area contributed by atoms with Gasteiger partial charge in [0.2, 0.25) is 0 Å². The topological polar surface area (TPSA) is 67.2 Å². The fourth-order valence-corrected chi connectivity index (χ4v) is 1.93. The van der Waals surface area contributed by atoms with Gasteiger partial charge in [0.25, 0.3) is 5.91 Å². The maximum Gasteiger partial charge on any atom is 0.269 e. The van der Waals surface area contributed by atoms with Crippen molar-refractivity contribution in [3.63, 3.8) is 0 Å². The van der Waals surface area contributed by atoms with E-state index in [1.54, 1.807) is 23.9 Å². The van der Waals surface area contributed by atoms with Crippen molar-refractivity contribution in [2.75, 3.05) is 6.54 Å². The first-order valence-corrected chi connectivity index (χ1v) is 6.41. The molecule has 5 heteroatoms. The SMILES string of the molecule is CC(O)CC(C)CNC(=O)c1ccnn1C(C)C. The Hall–Kier alpha value is -1.36. The fourth-order valence-electron chi connectivity index (χ4n) is 1.93. The van der Waals surface area contributed by atoms with Crippen molar-refractivity contribution < 1.29 is 9.90 Å². The van der Waals surface area contributed by atoms with Gasteiger partial charge >= 0.3 is 0 Å². The van der Waals surface area contributed by atoms with E-state index in [1.165, 1.54) is 0 Å². The molecule has 102 valence electrons. The lowest BCUT2D eigenvalue weighted by molar-refractivity contribution is 0.0927. The number of hydrogen-bond donors (Lipinski definition) is 2. The van der Waals surface area contributed by atoms with E-state index in [2.05, 4.69) is 10.4 Å². The van der Waals surface area contributed by atoms with Crippen molar-refractivity contribution in [2.24, 2.45) is 5.92 Å². The predicted octanol–water partition coefficient (Wildman–Crippen LogP) is 1.60. The quantitative estimate of drug-likeness (QED) is 0.809. The molecule has 5 nitrogen and oxygen atoms in total. The van der Waals surface area contributed by atoms with Crippen LogP contribution in [0.5, 0.6) is 0 Å². The first-order valence-electron chi connectivity index (χ1n) is 6.41. The summed E-state index contributed by atoms with van der Waals surface area (Å²) in [6.45, 7) is 8.30. The van der Waals surface area contributed by atoms with Crippen LogP contribution in [0.3, 0.4) is 0 Å². The average Bonchev–Trinajstić information content (AvgIpc) is 2.73. The molecule has 1 aromatic rings. The molecule has 2 atom stereocenters. The summed E-state index contributed by atoms with van der Waals surface area (Å²) in [5.74, 6) is 0.142. The lowest BCUT2D eigenvalue weighted by Crippen LogP contribution is -2.31. The number of carbonyl (C=O) groups is 1. The van der Waals surface area contributed by atoms with Crippen molar-refractivity contribution >= 4 is 5.91 Å². The van der Waals surface area contributed by atoms with Crippen LogP contribution in [0, 0.1) is 5.92 Å². The molecule has 2 unspecified atom stereocenters. The minimum Gasteiger partial charge on any atom is -0.393 e. The van der Waals surface area contributed by atoms with Gasteiger partial charge in [-0.25, -0.2) is 0 Å². The van der Waals surface area contributed by atoms with Crippen molar-refractivity contribution in [1.29, 1.82) is 0 Å². The second-order valence-corrected chi connectivity index (χ2v) is 5.15. The van der Waals surface area contributed by atoms with E-state index in [9.17, 15) is 9.90 Å². The molecule has 0 radical (unpaired) electrons. The van der Waals surface area contributed by atoms with Gasteiger partial charge in [-0.15, -0.1) is 0 Å². The van der Waals surface area contributed by atoms with E-state index in [-0.39, 0.29) is 24.0 Å². The second kappa shape index (κ2) is 6.54. The summed E-state index contributed by atoms with van der Waals surface area (Å²) in [6.07, 6.45) is 1.98. The number of amides is 1. The van der Waals surface area contributed by atoms with Gasteiger partial charge in [0, 0.05) is 18.8 Å². The molecule has 0 spiro atoms. The third-order valence-electron chi connectivity index (χ3n) is 2.75. The number of hydrogen-bond acceptors (Lipinski definition) is 3. The van der Waals surface area contributed by atoms with Crippen LogP contribution in [0.4, 0.5) is 0 Å². The Labute approximate surface area is 108 Å². The average molecular weight is 253 g/mol. The summed E-state index contributed by atoms with van der Waals surface area (Å²) in [7, 11) is 0. The number of carbonyl (C=O) groups excluding carboxylic acids is 1. The molecule has 0 aliphatic rings. The number of nitrogens with one attached hydrogen (secondary N) is 1. The molecule has 1 rings (SSSR count). The maximum absolute atomic E-state index is 12.0. The van der Waals surface area contributed by atoms with Crippen LogP contribution >= 0.6 is 0 Å².